The van der Waals surface area contributed by atoms with Crippen LogP contribution in [0, 0.1) is 0 Å². The number of rotatable bonds is 6. The third-order valence-electron chi connectivity index (χ3n) is 3.75. The summed E-state index contributed by atoms with van der Waals surface area (Å²) in [5.74, 6) is 1.03. The number of amides is 1. The topological polar surface area (TPSA) is 59.9 Å². The number of aryl methyl sites for hydroxylation is 1. The molecule has 0 radical (unpaired) electrons. The van der Waals surface area contributed by atoms with Gasteiger partial charge in [0.1, 0.15) is 0 Å². The first kappa shape index (κ1) is 17.5. The van der Waals surface area contributed by atoms with E-state index in [1.54, 1.807) is 32.4 Å². The Morgan fingerprint density at radius 2 is 1.62 bits per heavy atom. The first-order chi connectivity index (χ1) is 11.6. The van der Waals surface area contributed by atoms with Gasteiger partial charge in [-0.2, -0.15) is 5.10 Å². The Morgan fingerprint density at radius 1 is 1.00 bits per heavy atom. The van der Waals surface area contributed by atoms with Crippen molar-refractivity contribution in [2.24, 2.45) is 5.10 Å². The number of carbonyl (C=O) groups is 1. The predicted octanol–water partition coefficient (Wildman–Crippen LogP) is 3.42. The van der Waals surface area contributed by atoms with Gasteiger partial charge in [-0.1, -0.05) is 19.1 Å². The second-order valence-electron chi connectivity index (χ2n) is 5.26. The van der Waals surface area contributed by atoms with E-state index in [9.17, 15) is 4.79 Å². The lowest BCUT2D eigenvalue weighted by Crippen LogP contribution is -2.19. The first-order valence-electron chi connectivity index (χ1n) is 7.75. The highest BCUT2D eigenvalue weighted by atomic mass is 16.5. The summed E-state index contributed by atoms with van der Waals surface area (Å²) >= 11 is 0. The van der Waals surface area contributed by atoms with Gasteiger partial charge in [0.25, 0.3) is 5.91 Å². The third-order valence-corrected chi connectivity index (χ3v) is 3.75. The van der Waals surface area contributed by atoms with E-state index in [2.05, 4.69) is 17.5 Å². The zero-order chi connectivity index (χ0) is 17.5. The van der Waals surface area contributed by atoms with Crippen LogP contribution < -0.4 is 14.9 Å². The average molecular weight is 326 g/mol. The predicted molar refractivity (Wildman–Crippen MR) is 95.0 cm³/mol. The fourth-order valence-corrected chi connectivity index (χ4v) is 2.22. The summed E-state index contributed by atoms with van der Waals surface area (Å²) in [5, 5.41) is 4.16. The summed E-state index contributed by atoms with van der Waals surface area (Å²) in [5.41, 5.74) is 5.87. The maximum Gasteiger partial charge on any atom is 0.271 e. The highest BCUT2D eigenvalue weighted by Crippen LogP contribution is 2.27. The maximum atomic E-state index is 12.1. The van der Waals surface area contributed by atoms with Gasteiger partial charge in [0, 0.05) is 11.1 Å². The minimum Gasteiger partial charge on any atom is -0.493 e. The molecule has 0 aromatic heterocycles. The lowest BCUT2D eigenvalue weighted by molar-refractivity contribution is 0.0955. The van der Waals surface area contributed by atoms with E-state index < -0.39 is 0 Å². The number of ether oxygens (including phenoxy) is 2. The molecule has 2 aromatic rings. The monoisotopic (exact) mass is 326 g/mol. The summed E-state index contributed by atoms with van der Waals surface area (Å²) in [6, 6.07) is 13.0. The summed E-state index contributed by atoms with van der Waals surface area (Å²) in [6.45, 7) is 3.90. The molecule has 0 aliphatic rings. The number of methoxy groups -OCH3 is 2. The summed E-state index contributed by atoms with van der Waals surface area (Å²) in [6.07, 6.45) is 0.943. The number of hydrazone groups is 1. The van der Waals surface area contributed by atoms with E-state index in [0.29, 0.717) is 22.8 Å². The second kappa shape index (κ2) is 8.15. The first-order valence-corrected chi connectivity index (χ1v) is 7.75. The molecule has 0 atom stereocenters. The molecular weight excluding hydrogens is 304 g/mol. The minimum absolute atomic E-state index is 0.238. The van der Waals surface area contributed by atoms with Crippen LogP contribution in [0.2, 0.25) is 0 Å². The van der Waals surface area contributed by atoms with Crippen LogP contribution in [-0.2, 0) is 6.42 Å². The Morgan fingerprint density at radius 3 is 2.21 bits per heavy atom. The van der Waals surface area contributed by atoms with Crippen molar-refractivity contribution in [3.63, 3.8) is 0 Å². The molecule has 24 heavy (non-hydrogen) atoms. The molecule has 1 N–H and O–H groups in total. The van der Waals surface area contributed by atoms with E-state index in [1.165, 1.54) is 5.56 Å². The lowest BCUT2D eigenvalue weighted by Gasteiger charge is -2.09. The van der Waals surface area contributed by atoms with Gasteiger partial charge in [-0.3, -0.25) is 4.79 Å². The quantitative estimate of drug-likeness (QED) is 0.653. The van der Waals surface area contributed by atoms with E-state index in [1.807, 2.05) is 31.2 Å². The van der Waals surface area contributed by atoms with Gasteiger partial charge in [-0.05, 0) is 49.2 Å². The summed E-state index contributed by atoms with van der Waals surface area (Å²) < 4.78 is 10.5. The molecule has 0 bridgehead atoms. The molecule has 5 heteroatoms. The third kappa shape index (κ3) is 4.13. The molecular formula is C19H22N2O3. The fraction of sp³-hybridized carbons (Fsp3) is 0.263. The second-order valence-corrected chi connectivity index (χ2v) is 5.26. The van der Waals surface area contributed by atoms with Gasteiger partial charge in [-0.25, -0.2) is 5.43 Å². The molecule has 0 heterocycles. The Balaban J connectivity index is 2.11. The van der Waals surface area contributed by atoms with Gasteiger partial charge in [0.2, 0.25) is 0 Å². The molecule has 0 saturated carbocycles. The molecule has 0 spiro atoms. The number of hydrogen-bond donors (Lipinski definition) is 1. The van der Waals surface area contributed by atoms with Crippen molar-refractivity contribution in [3.8, 4) is 11.5 Å². The number of carbonyl (C=O) groups excluding carboxylic acids is 1. The normalized spacial score (nSPS) is 11.1. The Bertz CT molecular complexity index is 737. The number of hydrogen-bond acceptors (Lipinski definition) is 4. The Hall–Kier alpha value is -2.82. The standard InChI is InChI=1S/C19H22N2O3/c1-5-14-6-8-15(9-7-14)19(22)21-20-13(2)16-10-11-17(23-3)18(12-16)24-4/h6-12H,5H2,1-4H3,(H,21,22)/b20-13-. The van der Waals surface area contributed by atoms with Crippen molar-refractivity contribution in [2.45, 2.75) is 20.3 Å². The molecule has 1 amide bonds. The molecule has 5 nitrogen and oxygen atoms in total. The smallest absolute Gasteiger partial charge is 0.271 e. The highest BCUT2D eigenvalue weighted by Gasteiger charge is 2.08. The molecule has 0 aliphatic heterocycles. The van der Waals surface area contributed by atoms with Crippen molar-refractivity contribution >= 4 is 11.6 Å². The number of benzene rings is 2. The SMILES string of the molecule is CCc1ccc(C(=O)N/N=C(/C)c2ccc(OC)c(OC)c2)cc1. The lowest BCUT2D eigenvalue weighted by atomic mass is 10.1. The van der Waals surface area contributed by atoms with Crippen molar-refractivity contribution in [3.05, 3.63) is 59.2 Å². The van der Waals surface area contributed by atoms with Crippen LogP contribution in [0.5, 0.6) is 11.5 Å². The van der Waals surface area contributed by atoms with Crippen molar-refractivity contribution in [2.75, 3.05) is 14.2 Å². The van der Waals surface area contributed by atoms with E-state index in [-0.39, 0.29) is 5.91 Å². The van der Waals surface area contributed by atoms with Crippen molar-refractivity contribution in [1.29, 1.82) is 0 Å². The molecule has 0 aliphatic carbocycles. The molecule has 0 saturated heterocycles. The maximum absolute atomic E-state index is 12.1. The minimum atomic E-state index is -0.238. The van der Waals surface area contributed by atoms with Gasteiger partial charge >= 0.3 is 0 Å². The zero-order valence-corrected chi connectivity index (χ0v) is 14.4. The highest BCUT2D eigenvalue weighted by molar-refractivity contribution is 6.01. The van der Waals surface area contributed by atoms with Crippen LogP contribution in [0.15, 0.2) is 47.6 Å². The molecule has 0 unspecified atom stereocenters. The molecule has 126 valence electrons. The van der Waals surface area contributed by atoms with Crippen LogP contribution in [0.3, 0.4) is 0 Å². The Labute approximate surface area is 142 Å². The van der Waals surface area contributed by atoms with Gasteiger partial charge in [-0.15, -0.1) is 0 Å². The summed E-state index contributed by atoms with van der Waals surface area (Å²) in [7, 11) is 3.17. The number of nitrogens with one attached hydrogen (secondary N) is 1. The van der Waals surface area contributed by atoms with Gasteiger partial charge in [0.15, 0.2) is 11.5 Å². The van der Waals surface area contributed by atoms with E-state index >= 15 is 0 Å². The van der Waals surface area contributed by atoms with Crippen LogP contribution in [-0.4, -0.2) is 25.8 Å². The molecule has 2 rings (SSSR count). The molecule has 0 fully saturated rings. The van der Waals surface area contributed by atoms with Crippen molar-refractivity contribution in [1.82, 2.24) is 5.43 Å². The van der Waals surface area contributed by atoms with Crippen LogP contribution in [0.25, 0.3) is 0 Å². The van der Waals surface area contributed by atoms with E-state index in [0.717, 1.165) is 12.0 Å². The summed E-state index contributed by atoms with van der Waals surface area (Å²) in [4.78, 5) is 12.1. The van der Waals surface area contributed by atoms with Gasteiger partial charge in [0.05, 0.1) is 19.9 Å². The fourth-order valence-electron chi connectivity index (χ4n) is 2.22. The van der Waals surface area contributed by atoms with E-state index in [4.69, 9.17) is 9.47 Å². The largest absolute Gasteiger partial charge is 0.493 e. The number of nitrogens with zero attached hydrogens (tertiary/aromatic N) is 1. The Kier molecular flexibility index (Phi) is 5.95. The molecule has 2 aromatic carbocycles. The van der Waals surface area contributed by atoms with Crippen LogP contribution in [0.1, 0.15) is 35.3 Å². The van der Waals surface area contributed by atoms with Gasteiger partial charge < -0.3 is 9.47 Å². The van der Waals surface area contributed by atoms with Crippen LogP contribution >= 0.6 is 0 Å². The zero-order valence-electron chi connectivity index (χ0n) is 14.4. The average Bonchev–Trinajstić information content (AvgIpc) is 2.65. The van der Waals surface area contributed by atoms with Crippen molar-refractivity contribution < 1.29 is 14.3 Å². The van der Waals surface area contributed by atoms with Crippen LogP contribution in [0.4, 0.5) is 0 Å².